The van der Waals surface area contributed by atoms with Crippen molar-refractivity contribution < 1.29 is 4.39 Å². The van der Waals surface area contributed by atoms with E-state index in [9.17, 15) is 4.39 Å². The molecule has 3 heteroatoms. The lowest BCUT2D eigenvalue weighted by atomic mass is 9.99. The molecule has 1 heterocycles. The van der Waals surface area contributed by atoms with Gasteiger partial charge in [-0.05, 0) is 49.6 Å². The smallest absolute Gasteiger partial charge is 0.125 e. The first-order chi connectivity index (χ1) is 8.19. The largest absolute Gasteiger partial charge is 0.371 e. The van der Waals surface area contributed by atoms with Crippen molar-refractivity contribution in [1.29, 1.82) is 0 Å². The Bertz CT molecular complexity index is 378. The van der Waals surface area contributed by atoms with Crippen LogP contribution in [0, 0.1) is 11.7 Å². The number of hydrogen-bond donors (Lipinski definition) is 1. The van der Waals surface area contributed by atoms with E-state index in [0.717, 1.165) is 24.3 Å². The summed E-state index contributed by atoms with van der Waals surface area (Å²) in [5, 5.41) is 3.06. The topological polar surface area (TPSA) is 15.3 Å². The summed E-state index contributed by atoms with van der Waals surface area (Å²) in [4.78, 5) is 2.30. The van der Waals surface area contributed by atoms with E-state index in [4.69, 9.17) is 0 Å². The van der Waals surface area contributed by atoms with Gasteiger partial charge in [-0.1, -0.05) is 6.92 Å². The molecule has 0 aromatic heterocycles. The zero-order valence-electron chi connectivity index (χ0n) is 10.7. The molecule has 1 aromatic rings. The molecule has 1 fully saturated rings. The van der Waals surface area contributed by atoms with Crippen molar-refractivity contribution in [2.75, 3.05) is 25.0 Å². The van der Waals surface area contributed by atoms with E-state index in [-0.39, 0.29) is 5.82 Å². The Hall–Kier alpha value is -1.09. The van der Waals surface area contributed by atoms with Crippen molar-refractivity contribution in [3.05, 3.63) is 29.6 Å². The fourth-order valence-corrected chi connectivity index (χ4v) is 2.55. The third-order valence-electron chi connectivity index (χ3n) is 3.35. The molecule has 1 aliphatic rings. The highest BCUT2D eigenvalue weighted by Crippen LogP contribution is 2.24. The Morgan fingerprint density at radius 1 is 1.41 bits per heavy atom. The molecular formula is C14H21FN2. The van der Waals surface area contributed by atoms with E-state index in [1.165, 1.54) is 12.8 Å². The van der Waals surface area contributed by atoms with Gasteiger partial charge in [-0.2, -0.15) is 0 Å². The number of nitrogens with one attached hydrogen (secondary N) is 1. The Labute approximate surface area is 103 Å². The van der Waals surface area contributed by atoms with Crippen LogP contribution in [0.1, 0.15) is 25.3 Å². The Morgan fingerprint density at radius 2 is 2.24 bits per heavy atom. The second-order valence-electron chi connectivity index (χ2n) is 5.04. The summed E-state index contributed by atoms with van der Waals surface area (Å²) < 4.78 is 13.5. The number of piperidine rings is 1. The van der Waals surface area contributed by atoms with E-state index >= 15 is 0 Å². The van der Waals surface area contributed by atoms with Gasteiger partial charge in [0, 0.05) is 25.3 Å². The molecule has 1 saturated heterocycles. The van der Waals surface area contributed by atoms with Gasteiger partial charge in [0.1, 0.15) is 5.82 Å². The van der Waals surface area contributed by atoms with E-state index in [1.54, 1.807) is 12.1 Å². The summed E-state index contributed by atoms with van der Waals surface area (Å²) in [5.41, 5.74) is 2.04. The number of rotatable bonds is 3. The summed E-state index contributed by atoms with van der Waals surface area (Å²) in [7, 11) is 1.88. The molecule has 2 nitrogen and oxygen atoms in total. The van der Waals surface area contributed by atoms with Gasteiger partial charge in [-0.3, -0.25) is 0 Å². The van der Waals surface area contributed by atoms with E-state index in [0.29, 0.717) is 12.5 Å². The quantitative estimate of drug-likeness (QED) is 0.868. The third-order valence-corrected chi connectivity index (χ3v) is 3.35. The van der Waals surface area contributed by atoms with Gasteiger partial charge in [0.2, 0.25) is 0 Å². The molecule has 1 unspecified atom stereocenters. The van der Waals surface area contributed by atoms with Crippen LogP contribution < -0.4 is 10.2 Å². The molecule has 1 aliphatic heterocycles. The van der Waals surface area contributed by atoms with Crippen LogP contribution in [0.5, 0.6) is 0 Å². The fourth-order valence-electron chi connectivity index (χ4n) is 2.55. The number of benzene rings is 1. The van der Waals surface area contributed by atoms with Gasteiger partial charge in [-0.15, -0.1) is 0 Å². The van der Waals surface area contributed by atoms with E-state index < -0.39 is 0 Å². The van der Waals surface area contributed by atoms with Gasteiger partial charge in [0.15, 0.2) is 0 Å². The molecule has 1 N–H and O–H groups in total. The summed E-state index contributed by atoms with van der Waals surface area (Å²) in [5.74, 6) is 0.575. The molecule has 1 atom stereocenters. The van der Waals surface area contributed by atoms with Crippen molar-refractivity contribution in [2.24, 2.45) is 5.92 Å². The van der Waals surface area contributed by atoms with Gasteiger partial charge in [-0.25, -0.2) is 4.39 Å². The van der Waals surface area contributed by atoms with Crippen LogP contribution in [0.3, 0.4) is 0 Å². The normalized spacial score (nSPS) is 20.6. The van der Waals surface area contributed by atoms with Crippen LogP contribution in [0.25, 0.3) is 0 Å². The maximum atomic E-state index is 13.5. The van der Waals surface area contributed by atoms with Gasteiger partial charge >= 0.3 is 0 Å². The van der Waals surface area contributed by atoms with E-state index in [2.05, 4.69) is 23.2 Å². The number of nitrogens with zero attached hydrogens (tertiary/aromatic N) is 1. The number of halogens is 1. The Kier molecular flexibility index (Phi) is 4.00. The number of hydrogen-bond acceptors (Lipinski definition) is 2. The van der Waals surface area contributed by atoms with Crippen molar-refractivity contribution in [3.8, 4) is 0 Å². The van der Waals surface area contributed by atoms with Crippen LogP contribution in [-0.2, 0) is 6.54 Å². The van der Waals surface area contributed by atoms with Crippen LogP contribution in [0.2, 0.25) is 0 Å². The standard InChI is InChI=1S/C14H21FN2/c1-11-4-3-5-17(10-11)14-7-12(9-16-2)6-13(15)8-14/h6-8,11,16H,3-5,9-10H2,1-2H3. The lowest BCUT2D eigenvalue weighted by Crippen LogP contribution is -2.34. The van der Waals surface area contributed by atoms with Crippen LogP contribution in [0.4, 0.5) is 10.1 Å². The van der Waals surface area contributed by atoms with Gasteiger partial charge < -0.3 is 10.2 Å². The lowest BCUT2D eigenvalue weighted by Gasteiger charge is -2.33. The Balaban J connectivity index is 2.18. The molecule has 1 aromatic carbocycles. The second kappa shape index (κ2) is 5.50. The lowest BCUT2D eigenvalue weighted by molar-refractivity contribution is 0.446. The molecule has 17 heavy (non-hydrogen) atoms. The zero-order valence-corrected chi connectivity index (χ0v) is 10.7. The van der Waals surface area contributed by atoms with Gasteiger partial charge in [0.25, 0.3) is 0 Å². The van der Waals surface area contributed by atoms with Crippen molar-refractivity contribution in [2.45, 2.75) is 26.3 Å². The van der Waals surface area contributed by atoms with Crippen molar-refractivity contribution >= 4 is 5.69 Å². The minimum Gasteiger partial charge on any atom is -0.371 e. The molecular weight excluding hydrogens is 215 g/mol. The predicted octanol–water partition coefficient (Wildman–Crippen LogP) is 2.78. The summed E-state index contributed by atoms with van der Waals surface area (Å²) >= 11 is 0. The molecule has 0 aliphatic carbocycles. The van der Waals surface area contributed by atoms with Gasteiger partial charge in [0.05, 0.1) is 0 Å². The van der Waals surface area contributed by atoms with Crippen molar-refractivity contribution in [3.63, 3.8) is 0 Å². The highest BCUT2D eigenvalue weighted by molar-refractivity contribution is 5.49. The van der Waals surface area contributed by atoms with Crippen molar-refractivity contribution in [1.82, 2.24) is 5.32 Å². The Morgan fingerprint density at radius 3 is 2.94 bits per heavy atom. The summed E-state index contributed by atoms with van der Waals surface area (Å²) in [6.07, 6.45) is 2.49. The summed E-state index contributed by atoms with van der Waals surface area (Å²) in [6.45, 7) is 5.07. The third kappa shape index (κ3) is 3.19. The minimum absolute atomic E-state index is 0.133. The first kappa shape index (κ1) is 12.4. The second-order valence-corrected chi connectivity index (χ2v) is 5.04. The van der Waals surface area contributed by atoms with E-state index in [1.807, 2.05) is 7.05 Å². The highest BCUT2D eigenvalue weighted by Gasteiger charge is 2.17. The molecule has 0 spiro atoms. The monoisotopic (exact) mass is 236 g/mol. The molecule has 0 radical (unpaired) electrons. The molecule has 94 valence electrons. The minimum atomic E-state index is -0.133. The predicted molar refractivity (Wildman–Crippen MR) is 69.8 cm³/mol. The van der Waals surface area contributed by atoms with Crippen LogP contribution in [-0.4, -0.2) is 20.1 Å². The molecule has 0 bridgehead atoms. The summed E-state index contributed by atoms with van der Waals surface area (Å²) in [6, 6.07) is 5.35. The maximum Gasteiger partial charge on any atom is 0.125 e. The molecule has 2 rings (SSSR count). The zero-order chi connectivity index (χ0) is 12.3. The maximum absolute atomic E-state index is 13.5. The van der Waals surface area contributed by atoms with Crippen LogP contribution >= 0.6 is 0 Å². The number of anilines is 1. The average molecular weight is 236 g/mol. The fraction of sp³-hybridized carbons (Fsp3) is 0.571. The first-order valence-corrected chi connectivity index (χ1v) is 6.38. The molecule has 0 amide bonds. The van der Waals surface area contributed by atoms with Crippen LogP contribution in [0.15, 0.2) is 18.2 Å². The SMILES string of the molecule is CNCc1cc(F)cc(N2CCCC(C)C2)c1. The molecule has 0 saturated carbocycles. The highest BCUT2D eigenvalue weighted by atomic mass is 19.1. The average Bonchev–Trinajstić information content (AvgIpc) is 2.28. The first-order valence-electron chi connectivity index (χ1n) is 6.38.